The van der Waals surface area contributed by atoms with Crippen molar-refractivity contribution in [1.82, 2.24) is 5.43 Å². The molecule has 1 aromatic carbocycles. The van der Waals surface area contributed by atoms with E-state index in [0.717, 1.165) is 12.8 Å². The summed E-state index contributed by atoms with van der Waals surface area (Å²) in [7, 11) is 1.60. The number of nitrogens with two attached hydrogens (primary N) is 1. The Morgan fingerprint density at radius 2 is 2.16 bits per heavy atom. The normalized spacial score (nSPS) is 18.4. The smallest absolute Gasteiger partial charge is 0.143 e. The van der Waals surface area contributed by atoms with Crippen molar-refractivity contribution in [2.24, 2.45) is 11.8 Å². The third-order valence-corrected chi connectivity index (χ3v) is 4.14. The molecule has 0 spiro atoms. The van der Waals surface area contributed by atoms with Crippen molar-refractivity contribution in [2.75, 3.05) is 7.11 Å². The standard InChI is InChI=1S/C13H17BrF2N2O/c1-19-13(7-2-3-7)11(18-17)6-8-10(15)5-4-9(14)12(8)16/h4-5,7,11,13,18H,2-3,6,17H2,1H3. The van der Waals surface area contributed by atoms with E-state index in [2.05, 4.69) is 21.4 Å². The zero-order valence-electron chi connectivity index (χ0n) is 10.6. The zero-order valence-corrected chi connectivity index (χ0v) is 12.2. The molecule has 1 saturated carbocycles. The van der Waals surface area contributed by atoms with Crippen LogP contribution in [-0.2, 0) is 11.2 Å². The lowest BCUT2D eigenvalue weighted by Gasteiger charge is -2.25. The Balaban J connectivity index is 2.20. The van der Waals surface area contributed by atoms with Crippen molar-refractivity contribution in [1.29, 1.82) is 0 Å². The molecule has 2 atom stereocenters. The number of benzene rings is 1. The fourth-order valence-electron chi connectivity index (χ4n) is 2.36. The van der Waals surface area contributed by atoms with Crippen molar-refractivity contribution in [3.63, 3.8) is 0 Å². The Hall–Kier alpha value is -0.560. The maximum Gasteiger partial charge on any atom is 0.143 e. The summed E-state index contributed by atoms with van der Waals surface area (Å²) in [5, 5.41) is 0. The quantitative estimate of drug-likeness (QED) is 0.477. The van der Waals surface area contributed by atoms with Gasteiger partial charge in [0, 0.05) is 12.7 Å². The number of ether oxygens (including phenoxy) is 1. The van der Waals surface area contributed by atoms with Gasteiger partial charge in [-0.3, -0.25) is 11.3 Å². The average Bonchev–Trinajstić information content (AvgIpc) is 3.22. The van der Waals surface area contributed by atoms with Crippen LogP contribution in [0.25, 0.3) is 0 Å². The van der Waals surface area contributed by atoms with Crippen LogP contribution in [0.4, 0.5) is 8.78 Å². The molecule has 1 aromatic rings. The second kappa shape index (κ2) is 6.26. The van der Waals surface area contributed by atoms with Gasteiger partial charge in [-0.1, -0.05) is 0 Å². The lowest BCUT2D eigenvalue weighted by molar-refractivity contribution is 0.0506. The Bertz CT molecular complexity index is 455. The topological polar surface area (TPSA) is 47.3 Å². The summed E-state index contributed by atoms with van der Waals surface area (Å²) in [5.74, 6) is 4.79. The first-order chi connectivity index (χ1) is 9.08. The van der Waals surface area contributed by atoms with E-state index in [9.17, 15) is 8.78 Å². The van der Waals surface area contributed by atoms with Crippen LogP contribution in [0.3, 0.4) is 0 Å². The highest BCUT2D eigenvalue weighted by Crippen LogP contribution is 2.36. The fraction of sp³-hybridized carbons (Fsp3) is 0.538. The van der Waals surface area contributed by atoms with Crippen LogP contribution in [0.15, 0.2) is 16.6 Å². The predicted octanol–water partition coefficient (Wildman–Crippen LogP) is 2.53. The molecule has 0 heterocycles. The van der Waals surface area contributed by atoms with Crippen molar-refractivity contribution >= 4 is 15.9 Å². The molecule has 1 fully saturated rings. The van der Waals surface area contributed by atoms with E-state index in [1.54, 1.807) is 7.11 Å². The minimum atomic E-state index is -0.578. The lowest BCUT2D eigenvalue weighted by atomic mass is 9.98. The highest BCUT2D eigenvalue weighted by molar-refractivity contribution is 9.10. The van der Waals surface area contributed by atoms with Gasteiger partial charge in [0.05, 0.1) is 16.6 Å². The number of rotatable bonds is 6. The van der Waals surface area contributed by atoms with Gasteiger partial charge < -0.3 is 4.74 Å². The summed E-state index contributed by atoms with van der Waals surface area (Å²) in [6.45, 7) is 0. The SMILES string of the molecule is COC(C1CC1)C(Cc1c(F)ccc(Br)c1F)NN. The molecule has 0 aliphatic heterocycles. The highest BCUT2D eigenvalue weighted by Gasteiger charge is 2.37. The Morgan fingerprint density at radius 1 is 1.47 bits per heavy atom. The highest BCUT2D eigenvalue weighted by atomic mass is 79.9. The first-order valence-electron chi connectivity index (χ1n) is 6.19. The first kappa shape index (κ1) is 14.8. The van der Waals surface area contributed by atoms with Crippen molar-refractivity contribution < 1.29 is 13.5 Å². The summed E-state index contributed by atoms with van der Waals surface area (Å²) in [6, 6.07) is 2.29. The van der Waals surface area contributed by atoms with Gasteiger partial charge in [0.15, 0.2) is 0 Å². The second-order valence-electron chi connectivity index (χ2n) is 4.84. The van der Waals surface area contributed by atoms with E-state index < -0.39 is 11.6 Å². The molecule has 0 radical (unpaired) electrons. The van der Waals surface area contributed by atoms with Gasteiger partial charge in [-0.05, 0) is 53.2 Å². The van der Waals surface area contributed by atoms with Crippen LogP contribution in [-0.4, -0.2) is 19.3 Å². The Morgan fingerprint density at radius 3 is 2.68 bits per heavy atom. The van der Waals surface area contributed by atoms with Crippen molar-refractivity contribution in [3.05, 3.63) is 33.8 Å². The van der Waals surface area contributed by atoms with E-state index in [-0.39, 0.29) is 28.6 Å². The number of hydrogen-bond donors (Lipinski definition) is 2. The molecule has 1 aliphatic rings. The molecule has 0 saturated heterocycles. The molecule has 0 amide bonds. The van der Waals surface area contributed by atoms with Gasteiger partial charge in [0.25, 0.3) is 0 Å². The molecule has 3 nitrogen and oxygen atoms in total. The van der Waals surface area contributed by atoms with Crippen molar-refractivity contribution in [3.8, 4) is 0 Å². The summed E-state index contributed by atoms with van der Waals surface area (Å²) in [4.78, 5) is 0. The molecule has 106 valence electrons. The number of nitrogens with one attached hydrogen (secondary N) is 1. The van der Waals surface area contributed by atoms with E-state index in [4.69, 9.17) is 10.6 Å². The van der Waals surface area contributed by atoms with Crippen LogP contribution in [0.5, 0.6) is 0 Å². The molecule has 0 aromatic heterocycles. The monoisotopic (exact) mass is 334 g/mol. The van der Waals surface area contributed by atoms with Gasteiger partial charge in [-0.15, -0.1) is 0 Å². The summed E-state index contributed by atoms with van der Waals surface area (Å²) in [5.41, 5.74) is 2.65. The van der Waals surface area contributed by atoms with Gasteiger partial charge in [-0.25, -0.2) is 8.78 Å². The van der Waals surface area contributed by atoms with Crippen molar-refractivity contribution in [2.45, 2.75) is 31.4 Å². The minimum absolute atomic E-state index is 0.0278. The average molecular weight is 335 g/mol. The molecular formula is C13H17BrF2N2O. The third-order valence-electron chi connectivity index (χ3n) is 3.53. The molecular weight excluding hydrogens is 318 g/mol. The van der Waals surface area contributed by atoms with Crippen LogP contribution >= 0.6 is 15.9 Å². The zero-order chi connectivity index (χ0) is 14.0. The first-order valence-corrected chi connectivity index (χ1v) is 6.99. The maximum atomic E-state index is 13.9. The van der Waals surface area contributed by atoms with Crippen LogP contribution in [0.1, 0.15) is 18.4 Å². The second-order valence-corrected chi connectivity index (χ2v) is 5.69. The molecule has 19 heavy (non-hydrogen) atoms. The van der Waals surface area contributed by atoms with Gasteiger partial charge >= 0.3 is 0 Å². The van der Waals surface area contributed by atoms with Gasteiger partial charge in [0.1, 0.15) is 11.6 Å². The van der Waals surface area contributed by atoms with Crippen LogP contribution in [0.2, 0.25) is 0 Å². The third kappa shape index (κ3) is 3.31. The summed E-state index contributed by atoms with van der Waals surface area (Å²) >= 11 is 3.06. The molecule has 1 aliphatic carbocycles. The van der Waals surface area contributed by atoms with E-state index in [1.807, 2.05) is 0 Å². The summed E-state index contributed by atoms with van der Waals surface area (Å²) in [6.07, 6.45) is 2.17. The Labute approximate surface area is 119 Å². The van der Waals surface area contributed by atoms with Gasteiger partial charge in [-0.2, -0.15) is 0 Å². The van der Waals surface area contributed by atoms with Gasteiger partial charge in [0.2, 0.25) is 0 Å². The number of methoxy groups -OCH3 is 1. The number of hydrazine groups is 1. The fourth-order valence-corrected chi connectivity index (χ4v) is 2.73. The maximum absolute atomic E-state index is 13.9. The molecule has 2 unspecified atom stereocenters. The molecule has 3 N–H and O–H groups in total. The predicted molar refractivity (Wildman–Crippen MR) is 72.4 cm³/mol. The lowest BCUT2D eigenvalue weighted by Crippen LogP contribution is -2.47. The van der Waals surface area contributed by atoms with E-state index in [0.29, 0.717) is 5.92 Å². The van der Waals surface area contributed by atoms with Crippen LogP contribution < -0.4 is 11.3 Å². The molecule has 2 rings (SSSR count). The molecule has 6 heteroatoms. The summed E-state index contributed by atoms with van der Waals surface area (Å²) < 4.78 is 33.3. The number of hydrogen-bond acceptors (Lipinski definition) is 3. The Kier molecular flexibility index (Phi) is 4.89. The number of halogens is 3. The minimum Gasteiger partial charge on any atom is -0.379 e. The van der Waals surface area contributed by atoms with Crippen LogP contribution in [0, 0.1) is 17.6 Å². The largest absolute Gasteiger partial charge is 0.379 e. The van der Waals surface area contributed by atoms with E-state index in [1.165, 1.54) is 12.1 Å². The molecule has 0 bridgehead atoms. The van der Waals surface area contributed by atoms with E-state index >= 15 is 0 Å².